The summed E-state index contributed by atoms with van der Waals surface area (Å²) in [7, 11) is -4.11. The van der Waals surface area contributed by atoms with E-state index in [1.165, 1.54) is 18.7 Å². The smallest absolute Gasteiger partial charge is 0.336 e. The van der Waals surface area contributed by atoms with E-state index in [2.05, 4.69) is 20.6 Å². The fourth-order valence-electron chi connectivity index (χ4n) is 3.12. The number of nitrogens with zero attached hydrogens (tertiary/aromatic N) is 3. The number of carbonyl (C=O) groups excluding carboxylic acids is 1. The molecule has 0 radical (unpaired) electrons. The molecule has 0 spiro atoms. The van der Waals surface area contributed by atoms with Gasteiger partial charge in [-0.15, -0.1) is 0 Å². The van der Waals surface area contributed by atoms with E-state index in [9.17, 15) is 36.0 Å². The van der Waals surface area contributed by atoms with Crippen molar-refractivity contribution in [3.63, 3.8) is 0 Å². The van der Waals surface area contributed by atoms with Gasteiger partial charge in [0.1, 0.15) is 29.8 Å². The maximum absolute atomic E-state index is 13.8. The number of sulfone groups is 1. The van der Waals surface area contributed by atoms with Gasteiger partial charge in [0.25, 0.3) is 0 Å². The summed E-state index contributed by atoms with van der Waals surface area (Å²) < 4.78 is 80.1. The second-order valence-corrected chi connectivity index (χ2v) is 9.84. The largest absolute Gasteiger partial charge is 0.407 e. The van der Waals surface area contributed by atoms with Crippen molar-refractivity contribution in [2.45, 2.75) is 42.4 Å². The molecule has 8 nitrogen and oxygen atoms in total. The molecule has 1 saturated carbocycles. The minimum absolute atomic E-state index is 0.193. The highest BCUT2D eigenvalue weighted by molar-refractivity contribution is 7.90. The van der Waals surface area contributed by atoms with Gasteiger partial charge in [0.05, 0.1) is 17.6 Å². The summed E-state index contributed by atoms with van der Waals surface area (Å²) in [5.41, 5.74) is -1.44. The average molecular weight is 485 g/mol. The molecule has 1 amide bonds. The van der Waals surface area contributed by atoms with Crippen LogP contribution in [0.3, 0.4) is 0 Å². The first-order valence-corrected chi connectivity index (χ1v) is 11.5. The number of hydrogen-bond acceptors (Lipinski definition) is 7. The number of aromatic nitrogens is 2. The molecule has 3 rings (SSSR count). The second-order valence-electron chi connectivity index (χ2n) is 7.73. The molecule has 1 aliphatic rings. The molecule has 33 heavy (non-hydrogen) atoms. The summed E-state index contributed by atoms with van der Waals surface area (Å²) in [4.78, 5) is 20.2. The molecule has 0 saturated heterocycles. The van der Waals surface area contributed by atoms with E-state index < -0.39 is 62.4 Å². The van der Waals surface area contributed by atoms with Crippen LogP contribution in [-0.4, -0.2) is 47.8 Å². The molecule has 2 N–H and O–H groups in total. The Labute approximate surface area is 187 Å². The SMILES string of the molecule is N#CC1(NC(=O)[C@H](CS(=O)(=O)Cc2cncnc2)N[C@@H](c2ccc(F)cc2)C(F)(F)F)CC1. The summed E-state index contributed by atoms with van der Waals surface area (Å²) in [6, 6.07) is 1.00. The molecule has 13 heteroatoms. The number of amides is 1. The fourth-order valence-corrected chi connectivity index (χ4v) is 4.65. The summed E-state index contributed by atoms with van der Waals surface area (Å²) in [6.07, 6.45) is -0.674. The Morgan fingerprint density at radius 3 is 2.30 bits per heavy atom. The number of carbonyl (C=O) groups is 1. The Balaban J connectivity index is 1.89. The standard InChI is InChI=1S/C20H19F4N5O3S/c21-15-3-1-14(2-4-15)17(20(22,23)24)28-16(18(30)29-19(11-25)5-6-19)10-33(31,32)9-13-7-26-12-27-8-13/h1-4,7-8,12,16-17,28H,5-6,9-10H2,(H,29,30)/t16-,17-/m0/s1. The Morgan fingerprint density at radius 1 is 1.18 bits per heavy atom. The molecule has 2 aromatic rings. The molecule has 1 fully saturated rings. The molecule has 0 unspecified atom stereocenters. The Kier molecular flexibility index (Phi) is 6.99. The number of halogens is 4. The first-order chi connectivity index (χ1) is 15.4. The number of rotatable bonds is 9. The number of benzene rings is 1. The van der Waals surface area contributed by atoms with Gasteiger partial charge in [0, 0.05) is 18.0 Å². The van der Waals surface area contributed by atoms with Gasteiger partial charge >= 0.3 is 6.18 Å². The fraction of sp³-hybridized carbons (Fsp3) is 0.400. The molecule has 1 heterocycles. The minimum atomic E-state index is -4.93. The van der Waals surface area contributed by atoms with E-state index in [4.69, 9.17) is 0 Å². The van der Waals surface area contributed by atoms with Crippen LogP contribution in [0, 0.1) is 17.1 Å². The van der Waals surface area contributed by atoms with Crippen molar-refractivity contribution in [2.75, 3.05) is 5.75 Å². The topological polar surface area (TPSA) is 125 Å². The van der Waals surface area contributed by atoms with Crippen LogP contribution in [-0.2, 0) is 20.4 Å². The summed E-state index contributed by atoms with van der Waals surface area (Å²) in [6.45, 7) is 0. The summed E-state index contributed by atoms with van der Waals surface area (Å²) in [5, 5.41) is 13.6. The van der Waals surface area contributed by atoms with Crippen molar-refractivity contribution in [3.8, 4) is 6.07 Å². The van der Waals surface area contributed by atoms with Crippen molar-refractivity contribution in [1.82, 2.24) is 20.6 Å². The van der Waals surface area contributed by atoms with Crippen molar-refractivity contribution in [2.24, 2.45) is 0 Å². The second kappa shape index (κ2) is 9.40. The van der Waals surface area contributed by atoms with Gasteiger partial charge in [0.2, 0.25) is 5.91 Å². The molecule has 1 aromatic carbocycles. The minimum Gasteiger partial charge on any atom is -0.336 e. The summed E-state index contributed by atoms with van der Waals surface area (Å²) >= 11 is 0. The maximum atomic E-state index is 13.8. The van der Waals surface area contributed by atoms with Gasteiger partial charge in [-0.1, -0.05) is 12.1 Å². The number of nitrogens with one attached hydrogen (secondary N) is 2. The Hall–Kier alpha value is -3.11. The van der Waals surface area contributed by atoms with Gasteiger partial charge in [-0.05, 0) is 30.5 Å². The van der Waals surface area contributed by atoms with E-state index >= 15 is 0 Å². The lowest BCUT2D eigenvalue weighted by Gasteiger charge is -2.28. The molecular formula is C20H19F4N5O3S. The third-order valence-electron chi connectivity index (χ3n) is 4.96. The van der Waals surface area contributed by atoms with Crippen LogP contribution in [0.2, 0.25) is 0 Å². The molecule has 0 bridgehead atoms. The average Bonchev–Trinajstić information content (AvgIpc) is 3.51. The van der Waals surface area contributed by atoms with Crippen molar-refractivity contribution in [3.05, 3.63) is 59.9 Å². The molecular weight excluding hydrogens is 466 g/mol. The maximum Gasteiger partial charge on any atom is 0.407 e. The van der Waals surface area contributed by atoms with E-state index in [1.807, 2.05) is 6.07 Å². The zero-order valence-electron chi connectivity index (χ0n) is 17.0. The van der Waals surface area contributed by atoms with E-state index in [-0.39, 0.29) is 5.56 Å². The summed E-state index contributed by atoms with van der Waals surface area (Å²) in [5.74, 6) is -3.40. The van der Waals surface area contributed by atoms with Crippen molar-refractivity contribution in [1.29, 1.82) is 5.26 Å². The first kappa shape index (κ1) is 24.5. The van der Waals surface area contributed by atoms with Crippen LogP contribution in [0.25, 0.3) is 0 Å². The van der Waals surface area contributed by atoms with Crippen LogP contribution in [0.5, 0.6) is 0 Å². The quantitative estimate of drug-likeness (QED) is 0.520. The van der Waals surface area contributed by atoms with Gasteiger partial charge in [0.15, 0.2) is 9.84 Å². The van der Waals surface area contributed by atoms with Gasteiger partial charge in [-0.25, -0.2) is 22.8 Å². The molecule has 0 aliphatic heterocycles. The monoisotopic (exact) mass is 485 g/mol. The number of alkyl halides is 3. The zero-order valence-corrected chi connectivity index (χ0v) is 17.8. The first-order valence-electron chi connectivity index (χ1n) is 9.69. The van der Waals surface area contributed by atoms with Gasteiger partial charge < -0.3 is 5.32 Å². The molecule has 1 aliphatic carbocycles. The van der Waals surface area contributed by atoms with Crippen LogP contribution in [0.15, 0.2) is 43.0 Å². The lowest BCUT2D eigenvalue weighted by Crippen LogP contribution is -2.54. The highest BCUT2D eigenvalue weighted by Gasteiger charge is 2.48. The van der Waals surface area contributed by atoms with Crippen LogP contribution >= 0.6 is 0 Å². The lowest BCUT2D eigenvalue weighted by atomic mass is 10.0. The molecule has 1 aromatic heterocycles. The Bertz CT molecular complexity index is 1130. The van der Waals surface area contributed by atoms with Crippen molar-refractivity contribution < 1.29 is 30.8 Å². The van der Waals surface area contributed by atoms with Crippen molar-refractivity contribution >= 4 is 15.7 Å². The zero-order chi connectivity index (χ0) is 24.3. The Morgan fingerprint density at radius 2 is 1.79 bits per heavy atom. The third kappa shape index (κ3) is 6.69. The van der Waals surface area contributed by atoms with E-state index in [1.54, 1.807) is 0 Å². The van der Waals surface area contributed by atoms with E-state index in [0.717, 1.165) is 24.3 Å². The van der Waals surface area contributed by atoms with Gasteiger partial charge in [-0.2, -0.15) is 18.4 Å². The lowest BCUT2D eigenvalue weighted by molar-refractivity contribution is -0.160. The van der Waals surface area contributed by atoms with Crippen LogP contribution in [0.1, 0.15) is 30.0 Å². The van der Waals surface area contributed by atoms with E-state index in [0.29, 0.717) is 12.8 Å². The van der Waals surface area contributed by atoms with Crippen LogP contribution in [0.4, 0.5) is 17.6 Å². The molecule has 176 valence electrons. The third-order valence-corrected chi connectivity index (χ3v) is 6.58. The molecule has 2 atom stereocenters. The predicted molar refractivity (Wildman–Crippen MR) is 107 cm³/mol. The van der Waals surface area contributed by atoms with Gasteiger partial charge in [-0.3, -0.25) is 10.1 Å². The normalized spacial score (nSPS) is 16.9. The van der Waals surface area contributed by atoms with Crippen LogP contribution < -0.4 is 10.6 Å². The highest BCUT2D eigenvalue weighted by atomic mass is 32.2. The number of hydrogen-bond donors (Lipinski definition) is 2. The predicted octanol–water partition coefficient (Wildman–Crippen LogP) is 1.96. The number of nitriles is 1. The highest BCUT2D eigenvalue weighted by Crippen LogP contribution is 2.35.